The maximum absolute atomic E-state index is 12.7. The molecular weight excluding hydrogens is 829 g/mol. The van der Waals surface area contributed by atoms with E-state index in [1.807, 2.05) is 0 Å². The number of rotatable bonds is 11. The monoisotopic (exact) mass is 884 g/mol. The van der Waals surface area contributed by atoms with Crippen molar-refractivity contribution >= 4 is 56.8 Å². The largest absolute Gasteiger partial charge is 0.467 e. The molecule has 2 aromatic rings. The van der Waals surface area contributed by atoms with Crippen molar-refractivity contribution in [3.05, 3.63) is 70.8 Å². The van der Waals surface area contributed by atoms with Crippen LogP contribution in [0.2, 0.25) is 0 Å². The number of amides is 3. The van der Waals surface area contributed by atoms with Gasteiger partial charge in [-0.25, -0.2) is 14.4 Å². The summed E-state index contributed by atoms with van der Waals surface area (Å²) in [6, 6.07) is 10.3. The molecule has 0 saturated carbocycles. The minimum atomic E-state index is -1.23. The lowest BCUT2D eigenvalue weighted by Crippen LogP contribution is -2.62. The summed E-state index contributed by atoms with van der Waals surface area (Å²) in [4.78, 5) is 61.4. The van der Waals surface area contributed by atoms with E-state index in [2.05, 4.69) is 68.1 Å². The molecule has 0 saturated heterocycles. The van der Waals surface area contributed by atoms with Crippen LogP contribution in [0.4, 0.5) is 4.79 Å². The Morgan fingerprint density at radius 3 is 1.33 bits per heavy atom. The Morgan fingerprint density at radius 1 is 0.639 bits per heavy atom. The normalized spacial score (nSPS) is 12.2. The summed E-state index contributed by atoms with van der Waals surface area (Å²) in [6.07, 6.45) is -3.01. The summed E-state index contributed by atoms with van der Waals surface area (Å²) in [6.45, 7) is 10.5. The highest BCUT2D eigenvalue weighted by Crippen LogP contribution is 2.16. The average Bonchev–Trinajstić information content (AvgIpc) is 3.17. The average molecular weight is 885 g/mol. The van der Waals surface area contributed by atoms with Crippen LogP contribution in [0.1, 0.15) is 80.3 Å². The molecule has 0 fully saturated rings. The topological polar surface area (TPSA) is 256 Å². The van der Waals surface area contributed by atoms with Crippen molar-refractivity contribution in [3.8, 4) is 47.4 Å². The highest BCUT2D eigenvalue weighted by Gasteiger charge is 2.40. The van der Waals surface area contributed by atoms with E-state index in [9.17, 15) is 24.0 Å². The Hall–Kier alpha value is -5.67. The van der Waals surface area contributed by atoms with E-state index in [4.69, 9.17) is 35.6 Å². The summed E-state index contributed by atoms with van der Waals surface area (Å²) >= 11 is 0. The maximum atomic E-state index is 12.7. The Bertz CT molecular complexity index is 2030. The van der Waals surface area contributed by atoms with E-state index in [1.54, 1.807) is 84.9 Å². The van der Waals surface area contributed by atoms with Crippen LogP contribution in [0, 0.1) is 47.4 Å². The Morgan fingerprint density at radius 2 is 1.00 bits per heavy atom. The van der Waals surface area contributed by atoms with Gasteiger partial charge in [-0.3, -0.25) is 9.59 Å². The number of ether oxygens (including phenoxy) is 3. The number of carbonyl (C=O) groups is 5. The van der Waals surface area contributed by atoms with Crippen LogP contribution < -0.4 is 21.7 Å². The fraction of sp³-hybridized carbons (Fsp3) is 0.419. The number of aliphatic hydroxyl groups excluding tert-OH is 4. The maximum Gasteiger partial charge on any atom is 0.408 e. The number of nitrogens with two attached hydrogens (primary N) is 1. The number of benzene rings is 2. The van der Waals surface area contributed by atoms with Crippen LogP contribution >= 0.6 is 27.0 Å². The summed E-state index contributed by atoms with van der Waals surface area (Å²) < 4.78 is 14.7. The van der Waals surface area contributed by atoms with E-state index in [1.165, 1.54) is 26.4 Å². The second-order valence-electron chi connectivity index (χ2n) is 14.6. The van der Waals surface area contributed by atoms with Crippen molar-refractivity contribution in [2.24, 2.45) is 5.73 Å². The number of alkyl carbamates (subject to hydrolysis) is 1. The Balaban J connectivity index is 0. The van der Waals surface area contributed by atoms with Gasteiger partial charge in [0.2, 0.25) is 0 Å². The number of nitrogens with one attached hydrogen (secondary N) is 3. The molecule has 4 atom stereocenters. The number of hydrogen-bond acceptors (Lipinski definition) is 13. The van der Waals surface area contributed by atoms with Gasteiger partial charge in [-0.2, -0.15) is 27.0 Å². The third-order valence-corrected chi connectivity index (χ3v) is 7.37. The van der Waals surface area contributed by atoms with Crippen LogP contribution in [0.5, 0.6) is 0 Å². The Kier molecular flexibility index (Phi) is 25.6. The molecule has 0 aliphatic rings. The third kappa shape index (κ3) is 21.9. The van der Waals surface area contributed by atoms with Crippen LogP contribution in [-0.4, -0.2) is 119 Å². The lowest BCUT2D eigenvalue weighted by molar-refractivity contribution is -0.145. The van der Waals surface area contributed by atoms with Crippen LogP contribution in [0.15, 0.2) is 48.5 Å². The highest BCUT2D eigenvalue weighted by atomic mass is 32.1. The summed E-state index contributed by atoms with van der Waals surface area (Å²) in [5, 5.41) is 43.3. The fourth-order valence-electron chi connectivity index (χ4n) is 4.33. The predicted molar refractivity (Wildman–Crippen MR) is 237 cm³/mol. The Labute approximate surface area is 371 Å². The molecule has 2 rings (SSSR count). The molecular formula is C43H56N4O12S2. The minimum Gasteiger partial charge on any atom is -0.467 e. The van der Waals surface area contributed by atoms with E-state index < -0.39 is 84.0 Å². The third-order valence-electron chi connectivity index (χ3n) is 7.37. The molecule has 0 aliphatic heterocycles. The van der Waals surface area contributed by atoms with Crippen LogP contribution in [-0.2, 0) is 23.8 Å². The SMILES string of the molecule is COC(=O)[C@@H](NC(=O)c1ccc(C#CC#C[C@H](O)CO)cc1)C(C)(C)N.COC(=O)[C@@H](NC(=O)c1ccc(C#CC#C[C@H](O)CO)cc1)C(C)(C)NC(=O)OC(C)(C)C.S.S. The molecule has 0 unspecified atom stereocenters. The second kappa shape index (κ2) is 27.2. The van der Waals surface area contributed by atoms with Gasteiger partial charge in [-0.05, 0) is 121 Å². The number of hydrogen-bond donors (Lipinski definition) is 8. The van der Waals surface area contributed by atoms with Crippen molar-refractivity contribution < 1.29 is 58.6 Å². The molecule has 332 valence electrons. The van der Waals surface area contributed by atoms with Gasteiger partial charge in [0.1, 0.15) is 29.9 Å². The van der Waals surface area contributed by atoms with Crippen molar-refractivity contribution in [2.75, 3.05) is 27.4 Å². The lowest BCUT2D eigenvalue weighted by Gasteiger charge is -2.34. The van der Waals surface area contributed by atoms with Crippen molar-refractivity contribution in [1.82, 2.24) is 16.0 Å². The van der Waals surface area contributed by atoms with Gasteiger partial charge >= 0.3 is 18.0 Å². The van der Waals surface area contributed by atoms with Gasteiger partial charge in [-0.1, -0.05) is 23.7 Å². The quantitative estimate of drug-likeness (QED) is 0.0876. The standard InChI is InChI=1S/C24H30N2O7.C19H22N2O5.2H2S/c1-23(2,3)33-22(31)26-24(4,5)19(21(30)32-6)25-20(29)17-13-11-16(12-14-17)9-7-8-10-18(28)15-27;1-19(2,20)16(18(25)26-3)21-17(24)14-10-8-13(9-11-14)6-4-5-7-15(23)12-22;;/h11-14,18-19,27-28H,15H2,1-6H3,(H,25,29)(H,26,31);8-11,15-16,22-23H,12,20H2,1-3H3,(H,21,24);2*1H2/t18-,19+;15-,16+;;/m00../s1. The highest BCUT2D eigenvalue weighted by molar-refractivity contribution is 7.59. The van der Waals surface area contributed by atoms with Gasteiger partial charge in [-0.15, -0.1) is 0 Å². The van der Waals surface area contributed by atoms with Gasteiger partial charge in [0, 0.05) is 27.8 Å². The number of aliphatic hydroxyl groups is 4. The lowest BCUT2D eigenvalue weighted by atomic mass is 9.94. The van der Waals surface area contributed by atoms with Crippen molar-refractivity contribution in [1.29, 1.82) is 0 Å². The smallest absolute Gasteiger partial charge is 0.408 e. The molecule has 0 bridgehead atoms. The molecule has 9 N–H and O–H groups in total. The van der Waals surface area contributed by atoms with Crippen LogP contribution in [0.3, 0.4) is 0 Å². The van der Waals surface area contributed by atoms with Crippen molar-refractivity contribution in [3.63, 3.8) is 0 Å². The van der Waals surface area contributed by atoms with Gasteiger partial charge in [0.05, 0.1) is 33.0 Å². The molecule has 0 spiro atoms. The van der Waals surface area contributed by atoms with E-state index >= 15 is 0 Å². The van der Waals surface area contributed by atoms with Gasteiger partial charge in [0.15, 0.2) is 0 Å². The second-order valence-corrected chi connectivity index (χ2v) is 14.6. The van der Waals surface area contributed by atoms with Gasteiger partial charge in [0.25, 0.3) is 11.8 Å². The molecule has 0 radical (unpaired) electrons. The first-order valence-corrected chi connectivity index (χ1v) is 17.9. The zero-order valence-corrected chi connectivity index (χ0v) is 37.5. The number of methoxy groups -OCH3 is 2. The molecule has 3 amide bonds. The zero-order chi connectivity index (χ0) is 45.0. The number of carbonyl (C=O) groups excluding carboxylic acids is 5. The van der Waals surface area contributed by atoms with E-state index in [0.29, 0.717) is 16.7 Å². The summed E-state index contributed by atoms with van der Waals surface area (Å²) in [5.41, 5.74) is 4.72. The number of esters is 2. The van der Waals surface area contributed by atoms with Crippen molar-refractivity contribution in [2.45, 2.75) is 89.4 Å². The molecule has 0 aromatic heterocycles. The molecule has 2 aromatic carbocycles. The predicted octanol–water partition coefficient (Wildman–Crippen LogP) is 0.598. The van der Waals surface area contributed by atoms with Crippen LogP contribution in [0.25, 0.3) is 0 Å². The fourth-order valence-corrected chi connectivity index (χ4v) is 4.33. The first kappa shape index (κ1) is 57.4. The minimum absolute atomic E-state index is 0. The summed E-state index contributed by atoms with van der Waals surface area (Å²) in [7, 11) is 2.41. The molecule has 18 heteroatoms. The zero-order valence-electron chi connectivity index (χ0n) is 35.5. The van der Waals surface area contributed by atoms with E-state index in [-0.39, 0.29) is 32.6 Å². The first-order chi connectivity index (χ1) is 27.5. The molecule has 16 nitrogen and oxygen atoms in total. The first-order valence-electron chi connectivity index (χ1n) is 17.9. The summed E-state index contributed by atoms with van der Waals surface area (Å²) in [5.74, 6) is 17.7. The molecule has 0 aliphatic carbocycles. The van der Waals surface area contributed by atoms with E-state index in [0.717, 1.165) is 0 Å². The molecule has 0 heterocycles. The van der Waals surface area contributed by atoms with Gasteiger partial charge < -0.3 is 56.3 Å². The molecule has 61 heavy (non-hydrogen) atoms.